The van der Waals surface area contributed by atoms with Gasteiger partial charge in [-0.15, -0.1) is 0 Å². The molecule has 21 heavy (non-hydrogen) atoms. The molecular formula is C17H24O4. The van der Waals surface area contributed by atoms with Gasteiger partial charge in [0.05, 0.1) is 18.9 Å². The van der Waals surface area contributed by atoms with Gasteiger partial charge in [0, 0.05) is 0 Å². The second-order valence-electron chi connectivity index (χ2n) is 5.15. The zero-order valence-electron chi connectivity index (χ0n) is 13.0. The highest BCUT2D eigenvalue weighted by Gasteiger charge is 2.31. The number of rotatable bonds is 8. The van der Waals surface area contributed by atoms with Crippen LogP contribution in [0, 0.1) is 11.8 Å². The third kappa shape index (κ3) is 5.58. The van der Waals surface area contributed by atoms with Crippen LogP contribution in [0.5, 0.6) is 0 Å². The topological polar surface area (TPSA) is 52.6 Å². The van der Waals surface area contributed by atoms with Gasteiger partial charge in [-0.3, -0.25) is 9.59 Å². The molecule has 1 rings (SSSR count). The van der Waals surface area contributed by atoms with E-state index in [2.05, 4.69) is 6.92 Å². The smallest absolute Gasteiger partial charge is 0.310 e. The molecule has 0 radical (unpaired) electrons. The normalized spacial score (nSPS) is 13.3. The SMILES string of the molecule is CCCCC(C(=O)OCc1ccccc1)C(C)C(=O)OC. The number of hydrogen-bond donors (Lipinski definition) is 0. The average molecular weight is 292 g/mol. The van der Waals surface area contributed by atoms with E-state index in [1.165, 1.54) is 7.11 Å². The first kappa shape index (κ1) is 17.2. The molecule has 0 N–H and O–H groups in total. The predicted molar refractivity (Wildman–Crippen MR) is 80.4 cm³/mol. The number of carbonyl (C=O) groups is 2. The van der Waals surface area contributed by atoms with E-state index in [4.69, 9.17) is 9.47 Å². The predicted octanol–water partition coefficient (Wildman–Crippen LogP) is 3.35. The van der Waals surface area contributed by atoms with Gasteiger partial charge in [-0.2, -0.15) is 0 Å². The number of hydrogen-bond acceptors (Lipinski definition) is 4. The number of unbranched alkanes of at least 4 members (excludes halogenated alkanes) is 1. The first-order valence-corrected chi connectivity index (χ1v) is 7.38. The Balaban J connectivity index is 2.64. The van der Waals surface area contributed by atoms with Crippen molar-refractivity contribution in [3.63, 3.8) is 0 Å². The number of esters is 2. The van der Waals surface area contributed by atoms with Gasteiger partial charge in [0.25, 0.3) is 0 Å². The van der Waals surface area contributed by atoms with Gasteiger partial charge >= 0.3 is 11.9 Å². The van der Waals surface area contributed by atoms with Crippen molar-refractivity contribution < 1.29 is 19.1 Å². The summed E-state index contributed by atoms with van der Waals surface area (Å²) >= 11 is 0. The van der Waals surface area contributed by atoms with Gasteiger partial charge in [-0.05, 0) is 12.0 Å². The summed E-state index contributed by atoms with van der Waals surface area (Å²) < 4.78 is 10.1. The van der Waals surface area contributed by atoms with E-state index in [1.807, 2.05) is 30.3 Å². The average Bonchev–Trinajstić information content (AvgIpc) is 2.53. The Kier molecular flexibility index (Phi) is 7.51. The molecule has 4 nitrogen and oxygen atoms in total. The van der Waals surface area contributed by atoms with Crippen molar-refractivity contribution in [2.24, 2.45) is 11.8 Å². The first-order chi connectivity index (χ1) is 10.1. The molecule has 0 saturated heterocycles. The fraction of sp³-hybridized carbons (Fsp3) is 0.529. The number of ether oxygens (including phenoxy) is 2. The number of carbonyl (C=O) groups excluding carboxylic acids is 2. The van der Waals surface area contributed by atoms with Crippen molar-refractivity contribution in [2.75, 3.05) is 7.11 Å². The standard InChI is InChI=1S/C17H24O4/c1-4-5-11-15(13(2)16(18)20-3)17(19)21-12-14-9-7-6-8-10-14/h6-10,13,15H,4-5,11-12H2,1-3H3. The monoisotopic (exact) mass is 292 g/mol. The molecule has 0 aliphatic rings. The largest absolute Gasteiger partial charge is 0.469 e. The highest BCUT2D eigenvalue weighted by atomic mass is 16.5. The quantitative estimate of drug-likeness (QED) is 0.689. The molecule has 0 bridgehead atoms. The third-order valence-electron chi connectivity index (χ3n) is 3.57. The van der Waals surface area contributed by atoms with Crippen molar-refractivity contribution >= 4 is 11.9 Å². The van der Waals surface area contributed by atoms with Crippen LogP contribution in [0.1, 0.15) is 38.7 Å². The molecule has 4 heteroatoms. The van der Waals surface area contributed by atoms with E-state index in [-0.39, 0.29) is 18.5 Å². The van der Waals surface area contributed by atoms with Crippen LogP contribution in [-0.4, -0.2) is 19.0 Å². The summed E-state index contributed by atoms with van der Waals surface area (Å²) in [5.74, 6) is -1.62. The van der Waals surface area contributed by atoms with E-state index in [9.17, 15) is 9.59 Å². The van der Waals surface area contributed by atoms with Crippen molar-refractivity contribution in [3.8, 4) is 0 Å². The van der Waals surface area contributed by atoms with Gasteiger partial charge in [0.2, 0.25) is 0 Å². The van der Waals surface area contributed by atoms with Crippen LogP contribution in [-0.2, 0) is 25.7 Å². The molecule has 0 aromatic heterocycles. The fourth-order valence-corrected chi connectivity index (χ4v) is 2.18. The van der Waals surface area contributed by atoms with Crippen LogP contribution in [0.25, 0.3) is 0 Å². The molecule has 0 spiro atoms. The van der Waals surface area contributed by atoms with Crippen molar-refractivity contribution in [1.29, 1.82) is 0 Å². The number of benzene rings is 1. The molecule has 0 aliphatic heterocycles. The second-order valence-corrected chi connectivity index (χ2v) is 5.15. The minimum absolute atomic E-state index is 0.232. The Labute approximate surface area is 126 Å². The first-order valence-electron chi connectivity index (χ1n) is 7.38. The Morgan fingerprint density at radius 2 is 1.81 bits per heavy atom. The third-order valence-corrected chi connectivity index (χ3v) is 3.57. The van der Waals surface area contributed by atoms with E-state index < -0.39 is 11.8 Å². The molecule has 116 valence electrons. The minimum Gasteiger partial charge on any atom is -0.469 e. The lowest BCUT2D eigenvalue weighted by Gasteiger charge is -2.20. The molecule has 0 aliphatic carbocycles. The molecule has 1 aromatic rings. The molecule has 0 fully saturated rings. The van der Waals surface area contributed by atoms with E-state index in [1.54, 1.807) is 6.92 Å². The Morgan fingerprint density at radius 1 is 1.14 bits per heavy atom. The van der Waals surface area contributed by atoms with Crippen LogP contribution in [0.3, 0.4) is 0 Å². The molecule has 0 amide bonds. The van der Waals surface area contributed by atoms with Crippen LogP contribution in [0.4, 0.5) is 0 Å². The summed E-state index contributed by atoms with van der Waals surface area (Å²) in [6.07, 6.45) is 2.49. The van der Waals surface area contributed by atoms with Crippen molar-refractivity contribution in [2.45, 2.75) is 39.7 Å². The summed E-state index contributed by atoms with van der Waals surface area (Å²) in [6, 6.07) is 9.51. The Hall–Kier alpha value is -1.84. The second kappa shape index (κ2) is 9.16. The fourth-order valence-electron chi connectivity index (χ4n) is 2.18. The summed E-state index contributed by atoms with van der Waals surface area (Å²) in [5.41, 5.74) is 0.936. The van der Waals surface area contributed by atoms with Crippen molar-refractivity contribution in [3.05, 3.63) is 35.9 Å². The number of methoxy groups -OCH3 is 1. The minimum atomic E-state index is -0.482. The van der Waals surface area contributed by atoms with Gasteiger partial charge < -0.3 is 9.47 Å². The summed E-state index contributed by atoms with van der Waals surface area (Å²) in [5, 5.41) is 0. The maximum atomic E-state index is 12.3. The van der Waals surface area contributed by atoms with Crippen LogP contribution >= 0.6 is 0 Å². The zero-order valence-corrected chi connectivity index (χ0v) is 13.0. The van der Waals surface area contributed by atoms with Crippen LogP contribution in [0.2, 0.25) is 0 Å². The summed E-state index contributed by atoms with van der Waals surface area (Å²) in [6.45, 7) is 4.00. The lowest BCUT2D eigenvalue weighted by molar-refractivity contribution is -0.159. The molecular weight excluding hydrogens is 268 g/mol. The van der Waals surface area contributed by atoms with E-state index in [0.717, 1.165) is 18.4 Å². The summed E-state index contributed by atoms with van der Waals surface area (Å²) in [4.78, 5) is 23.9. The molecule has 2 atom stereocenters. The Bertz CT molecular complexity index is 441. The lowest BCUT2D eigenvalue weighted by Crippen LogP contribution is -2.30. The molecule has 0 saturated carbocycles. The molecule has 0 heterocycles. The maximum absolute atomic E-state index is 12.3. The van der Waals surface area contributed by atoms with Gasteiger partial charge in [-0.25, -0.2) is 0 Å². The lowest BCUT2D eigenvalue weighted by atomic mass is 9.89. The van der Waals surface area contributed by atoms with E-state index in [0.29, 0.717) is 6.42 Å². The van der Waals surface area contributed by atoms with Crippen LogP contribution in [0.15, 0.2) is 30.3 Å². The molecule has 2 unspecified atom stereocenters. The van der Waals surface area contributed by atoms with Gasteiger partial charge in [0.1, 0.15) is 6.61 Å². The van der Waals surface area contributed by atoms with Gasteiger partial charge in [-0.1, -0.05) is 57.0 Å². The van der Waals surface area contributed by atoms with E-state index >= 15 is 0 Å². The Morgan fingerprint density at radius 3 is 2.38 bits per heavy atom. The van der Waals surface area contributed by atoms with Crippen LogP contribution < -0.4 is 0 Å². The zero-order chi connectivity index (χ0) is 15.7. The highest BCUT2D eigenvalue weighted by Crippen LogP contribution is 2.22. The summed E-state index contributed by atoms with van der Waals surface area (Å²) in [7, 11) is 1.34. The highest BCUT2D eigenvalue weighted by molar-refractivity contribution is 5.81. The van der Waals surface area contributed by atoms with Crippen molar-refractivity contribution in [1.82, 2.24) is 0 Å². The maximum Gasteiger partial charge on any atom is 0.310 e. The van der Waals surface area contributed by atoms with Gasteiger partial charge in [0.15, 0.2) is 0 Å². The molecule has 1 aromatic carbocycles.